The summed E-state index contributed by atoms with van der Waals surface area (Å²) in [5.74, 6) is 0. The molecule has 2 aromatic carbocycles. The molecule has 0 bridgehead atoms. The van der Waals surface area contributed by atoms with Gasteiger partial charge in [-0.05, 0) is 0 Å². The Balaban J connectivity index is 2.08. The predicted molar refractivity (Wildman–Crippen MR) is 83.5 cm³/mol. The van der Waals surface area contributed by atoms with Gasteiger partial charge in [-0.3, -0.25) is 0 Å². The van der Waals surface area contributed by atoms with Crippen LogP contribution in [0.2, 0.25) is 5.32 Å². The van der Waals surface area contributed by atoms with Crippen molar-refractivity contribution >= 4 is 19.4 Å². The van der Waals surface area contributed by atoms with Crippen LogP contribution in [0.25, 0.3) is 0 Å². The predicted octanol–water partition coefficient (Wildman–Crippen LogP) is 2.88. The van der Waals surface area contributed by atoms with Crippen molar-refractivity contribution in [1.29, 1.82) is 0 Å². The van der Waals surface area contributed by atoms with Crippen LogP contribution >= 0.6 is 0 Å². The molecule has 0 aliphatic heterocycles. The molecule has 2 nitrogen and oxygen atoms in total. The summed E-state index contributed by atoms with van der Waals surface area (Å²) in [5, 5.41) is 10.8. The quantitative estimate of drug-likeness (QED) is 0.823. The van der Waals surface area contributed by atoms with E-state index in [1.54, 1.807) is 7.11 Å². The first-order chi connectivity index (χ1) is 9.72. The molecule has 2 aromatic rings. The number of aliphatic hydroxyl groups is 1. The van der Waals surface area contributed by atoms with Crippen molar-refractivity contribution in [3.63, 3.8) is 0 Å². The number of rotatable bonds is 6. The van der Waals surface area contributed by atoms with Crippen LogP contribution < -0.4 is 4.46 Å². The maximum absolute atomic E-state index is 9.82. The average Bonchev–Trinajstić information content (AvgIpc) is 2.49. The first-order valence-electron chi connectivity index (χ1n) is 6.70. The summed E-state index contributed by atoms with van der Waals surface area (Å²) in [6.07, 6.45) is -0.288. The van der Waals surface area contributed by atoms with E-state index in [9.17, 15) is 5.11 Å². The molecule has 0 fully saturated rings. The molecule has 0 aromatic heterocycles. The van der Waals surface area contributed by atoms with E-state index < -0.39 is 6.10 Å². The zero-order chi connectivity index (χ0) is 14.4. The molecule has 0 amide bonds. The van der Waals surface area contributed by atoms with Gasteiger partial charge in [0.05, 0.1) is 0 Å². The molecule has 20 heavy (non-hydrogen) atoms. The van der Waals surface area contributed by atoms with Gasteiger partial charge in [-0.1, -0.05) is 0 Å². The number of aliphatic hydroxyl groups excluding tert-OH is 1. The summed E-state index contributed by atoms with van der Waals surface area (Å²) < 4.78 is 6.87. The minimum absolute atomic E-state index is 0.123. The molecule has 0 unspecified atom stereocenters. The van der Waals surface area contributed by atoms with Crippen molar-refractivity contribution in [3.05, 3.63) is 65.7 Å². The fourth-order valence-electron chi connectivity index (χ4n) is 2.09. The summed E-state index contributed by atoms with van der Waals surface area (Å²) in [6, 6.07) is 18.4. The Hall–Kier alpha value is -1.12. The first-order valence-corrected chi connectivity index (χ1v) is 8.76. The Kier molecular flexibility index (Phi) is 5.81. The number of hydrogen-bond acceptors (Lipinski definition) is 2. The zero-order valence-corrected chi connectivity index (χ0v) is 13.5. The molecule has 0 saturated carbocycles. The van der Waals surface area contributed by atoms with Gasteiger partial charge in [-0.15, -0.1) is 0 Å². The van der Waals surface area contributed by atoms with Crippen LogP contribution in [0.3, 0.4) is 0 Å². The van der Waals surface area contributed by atoms with Crippen LogP contribution in [-0.4, -0.2) is 27.2 Å². The van der Waals surface area contributed by atoms with E-state index in [4.69, 9.17) is 4.74 Å². The SMILES string of the molecule is CO[C@@H](C[Se]c1ccccc1[C@H](C)O)c1ccccc1. The van der Waals surface area contributed by atoms with E-state index in [0.717, 1.165) is 10.9 Å². The average molecular weight is 335 g/mol. The number of ether oxygens (including phenoxy) is 1. The van der Waals surface area contributed by atoms with E-state index in [1.165, 1.54) is 10.0 Å². The van der Waals surface area contributed by atoms with Crippen LogP contribution in [0.4, 0.5) is 0 Å². The molecule has 0 saturated heterocycles. The van der Waals surface area contributed by atoms with Gasteiger partial charge < -0.3 is 0 Å². The Morgan fingerprint density at radius 2 is 1.70 bits per heavy atom. The van der Waals surface area contributed by atoms with Gasteiger partial charge in [0.25, 0.3) is 0 Å². The van der Waals surface area contributed by atoms with Crippen molar-refractivity contribution < 1.29 is 9.84 Å². The van der Waals surface area contributed by atoms with E-state index in [2.05, 4.69) is 18.2 Å². The zero-order valence-electron chi connectivity index (χ0n) is 11.8. The second-order valence-electron chi connectivity index (χ2n) is 4.66. The van der Waals surface area contributed by atoms with Gasteiger partial charge in [0, 0.05) is 0 Å². The second-order valence-corrected chi connectivity index (χ2v) is 6.89. The molecule has 0 spiro atoms. The molecule has 106 valence electrons. The van der Waals surface area contributed by atoms with Gasteiger partial charge in [-0.2, -0.15) is 0 Å². The third-order valence-electron chi connectivity index (χ3n) is 3.22. The molecule has 0 heterocycles. The van der Waals surface area contributed by atoms with Gasteiger partial charge in [0.2, 0.25) is 0 Å². The Morgan fingerprint density at radius 1 is 1.05 bits per heavy atom. The van der Waals surface area contributed by atoms with Gasteiger partial charge >= 0.3 is 127 Å². The topological polar surface area (TPSA) is 29.5 Å². The van der Waals surface area contributed by atoms with Gasteiger partial charge in [0.15, 0.2) is 0 Å². The summed E-state index contributed by atoms with van der Waals surface area (Å²) in [4.78, 5) is 0. The second kappa shape index (κ2) is 7.61. The molecule has 3 heteroatoms. The molecular formula is C17H20O2Se. The molecule has 2 rings (SSSR count). The normalized spacial score (nSPS) is 13.9. The summed E-state index contributed by atoms with van der Waals surface area (Å²) in [5.41, 5.74) is 2.25. The van der Waals surface area contributed by atoms with Crippen LogP contribution in [0, 0.1) is 0 Å². The fraction of sp³-hybridized carbons (Fsp3) is 0.294. The third-order valence-corrected chi connectivity index (χ3v) is 5.63. The fourth-order valence-corrected chi connectivity index (χ4v) is 4.69. The molecule has 0 aliphatic carbocycles. The monoisotopic (exact) mass is 336 g/mol. The van der Waals surface area contributed by atoms with Crippen LogP contribution in [0.1, 0.15) is 30.3 Å². The Bertz CT molecular complexity index is 526. The van der Waals surface area contributed by atoms with Crippen LogP contribution in [0.15, 0.2) is 54.6 Å². The number of benzene rings is 2. The first kappa shape index (κ1) is 15.3. The summed E-state index contributed by atoms with van der Waals surface area (Å²) >= 11 is 0.282. The Morgan fingerprint density at radius 3 is 2.35 bits per heavy atom. The number of methoxy groups -OCH3 is 1. The van der Waals surface area contributed by atoms with Crippen molar-refractivity contribution in [2.75, 3.05) is 7.11 Å². The molecule has 2 atom stereocenters. The number of hydrogen-bond donors (Lipinski definition) is 1. The standard InChI is InChI=1S/C17H20O2Se/c1-13(18)15-10-6-7-11-17(15)20-12-16(19-2)14-8-4-3-5-9-14/h3-11,13,16,18H,12H2,1-2H3/t13-,16-/m0/s1. The van der Waals surface area contributed by atoms with E-state index in [0.29, 0.717) is 0 Å². The van der Waals surface area contributed by atoms with Crippen LogP contribution in [0.5, 0.6) is 0 Å². The molecule has 0 aliphatic rings. The molecule has 0 radical (unpaired) electrons. The van der Waals surface area contributed by atoms with Crippen molar-refractivity contribution in [2.24, 2.45) is 0 Å². The summed E-state index contributed by atoms with van der Waals surface area (Å²) in [7, 11) is 1.76. The Labute approximate surface area is 127 Å². The van der Waals surface area contributed by atoms with E-state index in [-0.39, 0.29) is 21.1 Å². The third kappa shape index (κ3) is 3.94. The van der Waals surface area contributed by atoms with Crippen molar-refractivity contribution in [1.82, 2.24) is 0 Å². The van der Waals surface area contributed by atoms with Crippen molar-refractivity contribution in [2.45, 2.75) is 24.5 Å². The van der Waals surface area contributed by atoms with E-state index in [1.807, 2.05) is 43.3 Å². The summed E-state index contributed by atoms with van der Waals surface area (Å²) in [6.45, 7) is 1.82. The van der Waals surface area contributed by atoms with Gasteiger partial charge in [-0.25, -0.2) is 0 Å². The maximum atomic E-state index is 9.82. The molecular weight excluding hydrogens is 315 g/mol. The van der Waals surface area contributed by atoms with Crippen LogP contribution in [-0.2, 0) is 4.74 Å². The van der Waals surface area contributed by atoms with Crippen molar-refractivity contribution in [3.8, 4) is 0 Å². The van der Waals surface area contributed by atoms with Gasteiger partial charge in [0.1, 0.15) is 0 Å². The molecule has 1 N–H and O–H groups in total. The van der Waals surface area contributed by atoms with E-state index >= 15 is 0 Å². The minimum atomic E-state index is -0.411.